The molecule has 4 rings (SSSR count). The van der Waals surface area contributed by atoms with E-state index in [2.05, 4.69) is 21.2 Å². The fourth-order valence-electron chi connectivity index (χ4n) is 5.78. The van der Waals surface area contributed by atoms with Crippen LogP contribution in [-0.4, -0.2) is 22.9 Å². The lowest BCUT2D eigenvalue weighted by atomic mass is 9.67. The lowest BCUT2D eigenvalue weighted by molar-refractivity contribution is -0.132. The molecule has 118 valence electrons. The molecular weight excluding hydrogens is 344 g/mol. The van der Waals surface area contributed by atoms with Crippen LogP contribution in [0.3, 0.4) is 0 Å². The Morgan fingerprint density at radius 3 is 2.50 bits per heavy atom. The minimum Gasteiger partial charge on any atom is -0.327 e. The van der Waals surface area contributed by atoms with Crippen LogP contribution in [0.1, 0.15) is 39.5 Å². The summed E-state index contributed by atoms with van der Waals surface area (Å²) in [6, 6.07) is 0. The highest BCUT2D eigenvalue weighted by molar-refractivity contribution is 9.11. The Hall–Kier alpha value is -1.10. The van der Waals surface area contributed by atoms with Crippen molar-refractivity contribution < 1.29 is 9.59 Å². The Bertz CT molecular complexity index is 604. The van der Waals surface area contributed by atoms with Crippen LogP contribution in [0.2, 0.25) is 0 Å². The van der Waals surface area contributed by atoms with Crippen LogP contribution in [0.5, 0.6) is 0 Å². The quantitative estimate of drug-likeness (QED) is 0.604. The van der Waals surface area contributed by atoms with Gasteiger partial charge in [-0.1, -0.05) is 22.4 Å². The lowest BCUT2D eigenvalue weighted by Gasteiger charge is -2.52. The van der Waals surface area contributed by atoms with E-state index in [9.17, 15) is 9.59 Å². The summed E-state index contributed by atoms with van der Waals surface area (Å²) in [5.74, 6) is 2.18. The molecule has 1 saturated heterocycles. The molecule has 4 unspecified atom stereocenters. The van der Waals surface area contributed by atoms with Gasteiger partial charge in [0.25, 0.3) is 5.91 Å². The Morgan fingerprint density at radius 1 is 1.32 bits per heavy atom. The van der Waals surface area contributed by atoms with Gasteiger partial charge in [-0.3, -0.25) is 14.5 Å². The van der Waals surface area contributed by atoms with Crippen molar-refractivity contribution in [3.63, 3.8) is 0 Å². The Balaban J connectivity index is 1.77. The topological polar surface area (TPSA) is 49.4 Å². The number of carbonyl (C=O) groups is 2. The lowest BCUT2D eigenvalue weighted by Crippen LogP contribution is -2.66. The standard InChI is InChI=1S/C17H21BrN2O2/c1-9(6-10(2)18)15-16(22)19-17(20(15)8-21)13-7-14(17)12-5-3-4-11(12)13/h6,8,11-14H,3-5,7H2,1-2H3,(H,19,22)/b10-6+,15-9-. The van der Waals surface area contributed by atoms with E-state index in [0.29, 0.717) is 29.4 Å². The predicted molar refractivity (Wildman–Crippen MR) is 86.6 cm³/mol. The van der Waals surface area contributed by atoms with Crippen molar-refractivity contribution in [2.24, 2.45) is 23.7 Å². The van der Waals surface area contributed by atoms with Crippen molar-refractivity contribution in [3.8, 4) is 0 Å². The second kappa shape index (κ2) is 4.70. The van der Waals surface area contributed by atoms with Crippen molar-refractivity contribution in [1.82, 2.24) is 10.2 Å². The van der Waals surface area contributed by atoms with Gasteiger partial charge < -0.3 is 5.32 Å². The number of halogens is 1. The third-order valence-electron chi connectivity index (χ3n) is 6.36. The van der Waals surface area contributed by atoms with E-state index < -0.39 is 5.66 Å². The summed E-state index contributed by atoms with van der Waals surface area (Å²) in [5, 5.41) is 3.22. The van der Waals surface area contributed by atoms with Gasteiger partial charge in [0.05, 0.1) is 0 Å². The summed E-state index contributed by atoms with van der Waals surface area (Å²) in [4.78, 5) is 26.2. The number of allylic oxidation sites excluding steroid dienone is 3. The number of nitrogens with one attached hydrogen (secondary N) is 1. The number of amides is 2. The van der Waals surface area contributed by atoms with Gasteiger partial charge >= 0.3 is 0 Å². The zero-order chi connectivity index (χ0) is 15.6. The Labute approximate surface area is 139 Å². The third kappa shape index (κ3) is 1.58. The molecule has 1 N–H and O–H groups in total. The smallest absolute Gasteiger partial charge is 0.270 e. The van der Waals surface area contributed by atoms with Crippen LogP contribution in [0.25, 0.3) is 0 Å². The molecule has 4 nitrogen and oxygen atoms in total. The summed E-state index contributed by atoms with van der Waals surface area (Å²) in [6.45, 7) is 3.83. The monoisotopic (exact) mass is 364 g/mol. The van der Waals surface area contributed by atoms with Gasteiger partial charge in [0.1, 0.15) is 11.4 Å². The SMILES string of the molecule is CC(/C=C(\C)Br)=C1\C(=O)NC2(C3CC2C2CCCC23)N1C=O. The second-order valence-corrected chi connectivity index (χ2v) is 8.48. The van der Waals surface area contributed by atoms with Crippen molar-refractivity contribution >= 4 is 28.2 Å². The van der Waals surface area contributed by atoms with Crippen molar-refractivity contribution in [1.29, 1.82) is 0 Å². The maximum atomic E-state index is 12.6. The van der Waals surface area contributed by atoms with E-state index in [4.69, 9.17) is 0 Å². The normalized spacial score (nSPS) is 45.0. The van der Waals surface area contributed by atoms with Crippen LogP contribution in [0.15, 0.2) is 21.8 Å². The fourth-order valence-corrected chi connectivity index (χ4v) is 6.12. The van der Waals surface area contributed by atoms with Crippen LogP contribution in [0.4, 0.5) is 0 Å². The van der Waals surface area contributed by atoms with E-state index in [0.717, 1.165) is 16.5 Å². The molecule has 0 aromatic heterocycles. The Morgan fingerprint density at radius 2 is 1.95 bits per heavy atom. The molecule has 5 heteroatoms. The molecule has 0 aromatic rings. The molecule has 4 aliphatic rings. The first-order valence-electron chi connectivity index (χ1n) is 8.12. The van der Waals surface area contributed by atoms with Gasteiger partial charge in [0, 0.05) is 11.8 Å². The molecule has 3 aliphatic carbocycles. The molecule has 4 fully saturated rings. The van der Waals surface area contributed by atoms with Crippen molar-refractivity contribution in [3.05, 3.63) is 21.8 Å². The van der Waals surface area contributed by atoms with Crippen LogP contribution < -0.4 is 5.32 Å². The van der Waals surface area contributed by atoms with Crippen LogP contribution in [-0.2, 0) is 9.59 Å². The van der Waals surface area contributed by atoms with Gasteiger partial charge in [-0.2, -0.15) is 0 Å². The number of carbonyl (C=O) groups excluding carboxylic acids is 2. The molecule has 2 bridgehead atoms. The second-order valence-electron chi connectivity index (χ2n) is 7.22. The van der Waals surface area contributed by atoms with Gasteiger partial charge in [-0.15, -0.1) is 0 Å². The first-order chi connectivity index (χ1) is 10.5. The molecule has 1 spiro atoms. The zero-order valence-electron chi connectivity index (χ0n) is 12.9. The maximum absolute atomic E-state index is 12.6. The van der Waals surface area contributed by atoms with Crippen molar-refractivity contribution in [2.45, 2.75) is 45.2 Å². The summed E-state index contributed by atoms with van der Waals surface area (Å²) in [5.41, 5.74) is 0.954. The number of nitrogens with zero attached hydrogens (tertiary/aromatic N) is 1. The average molecular weight is 365 g/mol. The zero-order valence-corrected chi connectivity index (χ0v) is 14.5. The van der Waals surface area contributed by atoms with E-state index in [-0.39, 0.29) is 5.91 Å². The summed E-state index contributed by atoms with van der Waals surface area (Å²) < 4.78 is 0.950. The minimum absolute atomic E-state index is 0.0933. The van der Waals surface area contributed by atoms with E-state index in [1.165, 1.54) is 25.7 Å². The highest BCUT2D eigenvalue weighted by Gasteiger charge is 2.74. The summed E-state index contributed by atoms with van der Waals surface area (Å²) in [7, 11) is 0. The van der Waals surface area contributed by atoms with Gasteiger partial charge in [0.2, 0.25) is 6.41 Å². The fraction of sp³-hybridized carbons (Fsp3) is 0.647. The van der Waals surface area contributed by atoms with Gasteiger partial charge in [-0.25, -0.2) is 0 Å². The number of fused-ring (bicyclic) bond motifs is 3. The first kappa shape index (κ1) is 14.5. The first-order valence-corrected chi connectivity index (χ1v) is 8.91. The number of hydrogen-bond donors (Lipinski definition) is 1. The van der Waals surface area contributed by atoms with Gasteiger partial charge in [0.15, 0.2) is 0 Å². The highest BCUT2D eigenvalue weighted by atomic mass is 79.9. The summed E-state index contributed by atoms with van der Waals surface area (Å²) in [6.07, 6.45) is 7.77. The Kier molecular flexibility index (Phi) is 3.09. The molecule has 2 amide bonds. The summed E-state index contributed by atoms with van der Waals surface area (Å²) >= 11 is 3.41. The molecule has 3 saturated carbocycles. The van der Waals surface area contributed by atoms with Crippen molar-refractivity contribution in [2.75, 3.05) is 0 Å². The van der Waals surface area contributed by atoms with E-state index >= 15 is 0 Å². The van der Waals surface area contributed by atoms with Gasteiger partial charge in [-0.05, 0) is 61.1 Å². The average Bonchev–Trinajstić information content (AvgIpc) is 3.10. The molecule has 4 atom stereocenters. The predicted octanol–water partition coefficient (Wildman–Crippen LogP) is 2.91. The molecule has 0 radical (unpaired) electrons. The molecule has 1 heterocycles. The van der Waals surface area contributed by atoms with Crippen LogP contribution in [0, 0.1) is 23.7 Å². The minimum atomic E-state index is -0.417. The molecular formula is C17H21BrN2O2. The number of rotatable bonds is 2. The van der Waals surface area contributed by atoms with Crippen LogP contribution >= 0.6 is 15.9 Å². The molecule has 22 heavy (non-hydrogen) atoms. The maximum Gasteiger partial charge on any atom is 0.270 e. The van der Waals surface area contributed by atoms with E-state index in [1.807, 2.05) is 19.9 Å². The number of hydrogen-bond acceptors (Lipinski definition) is 2. The molecule has 1 aliphatic heterocycles. The largest absolute Gasteiger partial charge is 0.327 e. The third-order valence-corrected chi connectivity index (χ3v) is 6.59. The van der Waals surface area contributed by atoms with E-state index in [1.54, 1.807) is 4.90 Å². The molecule has 0 aromatic carbocycles. The highest BCUT2D eigenvalue weighted by Crippen LogP contribution is 2.69.